The Kier molecular flexibility index (Phi) is 5.90. The molecular formula is C16H13Cl2N3O3S3. The Labute approximate surface area is 174 Å². The molecule has 6 nitrogen and oxygen atoms in total. The van der Waals surface area contributed by atoms with Crippen molar-refractivity contribution in [1.82, 2.24) is 9.29 Å². The van der Waals surface area contributed by atoms with E-state index in [9.17, 15) is 13.2 Å². The molecule has 3 rings (SSSR count). The molecule has 0 fully saturated rings. The van der Waals surface area contributed by atoms with Crippen molar-refractivity contribution in [2.24, 2.45) is 0 Å². The topological polar surface area (TPSA) is 79.4 Å². The Morgan fingerprint density at radius 1 is 1.19 bits per heavy atom. The fraction of sp³-hybridized carbons (Fsp3) is 0.125. The molecule has 0 spiro atoms. The van der Waals surface area contributed by atoms with Crippen LogP contribution in [0.5, 0.6) is 0 Å². The molecular weight excluding hydrogens is 449 g/mol. The smallest absolute Gasteiger partial charge is 0.257 e. The average Bonchev–Trinajstić information content (AvgIpc) is 3.20. The molecule has 11 heteroatoms. The van der Waals surface area contributed by atoms with Gasteiger partial charge in [0, 0.05) is 30.6 Å². The van der Waals surface area contributed by atoms with Crippen LogP contribution in [0.2, 0.25) is 8.67 Å². The molecule has 0 bridgehead atoms. The van der Waals surface area contributed by atoms with Gasteiger partial charge in [0.05, 0.1) is 14.9 Å². The molecule has 1 amide bonds. The summed E-state index contributed by atoms with van der Waals surface area (Å²) in [5.41, 5.74) is 1.65. The monoisotopic (exact) mass is 461 g/mol. The number of thiophene rings is 1. The van der Waals surface area contributed by atoms with Crippen LogP contribution in [0.3, 0.4) is 0 Å². The predicted octanol–water partition coefficient (Wildman–Crippen LogP) is 4.68. The number of nitrogens with zero attached hydrogens (tertiary/aromatic N) is 2. The third-order valence-corrected chi connectivity index (χ3v) is 7.63. The third-order valence-electron chi connectivity index (χ3n) is 3.55. The number of hydrogen-bond donors (Lipinski definition) is 1. The number of sulfonamides is 1. The number of thiazole rings is 1. The fourth-order valence-electron chi connectivity index (χ4n) is 2.13. The fourth-order valence-corrected chi connectivity index (χ4v) is 5.22. The lowest BCUT2D eigenvalue weighted by Gasteiger charge is -2.11. The Hall–Kier alpha value is -1.49. The lowest BCUT2D eigenvalue weighted by molar-refractivity contribution is 0.102. The number of nitrogens with one attached hydrogen (secondary N) is 1. The summed E-state index contributed by atoms with van der Waals surface area (Å²) in [6.07, 6.45) is 0. The van der Waals surface area contributed by atoms with Crippen LogP contribution >= 0.6 is 45.9 Å². The molecule has 0 aliphatic rings. The normalized spacial score (nSPS) is 11.7. The minimum atomic E-state index is -3.54. The molecule has 142 valence electrons. The van der Waals surface area contributed by atoms with Gasteiger partial charge in [-0.15, -0.1) is 22.7 Å². The second-order valence-corrected chi connectivity index (χ2v) is 10.8. The Balaban J connectivity index is 1.76. The zero-order valence-electron chi connectivity index (χ0n) is 14.1. The number of anilines is 1. The summed E-state index contributed by atoms with van der Waals surface area (Å²) in [5.74, 6) is -0.390. The summed E-state index contributed by atoms with van der Waals surface area (Å²) < 4.78 is 26.3. The molecule has 27 heavy (non-hydrogen) atoms. The maximum Gasteiger partial charge on any atom is 0.257 e. The van der Waals surface area contributed by atoms with Crippen LogP contribution in [0.4, 0.5) is 5.13 Å². The zero-order chi connectivity index (χ0) is 19.8. The Morgan fingerprint density at radius 2 is 1.85 bits per heavy atom. The molecule has 0 unspecified atom stereocenters. The lowest BCUT2D eigenvalue weighted by atomic mass is 10.2. The highest BCUT2D eigenvalue weighted by molar-refractivity contribution is 7.89. The van der Waals surface area contributed by atoms with Gasteiger partial charge in [-0.05, 0) is 30.3 Å². The molecule has 0 saturated carbocycles. The molecule has 0 aliphatic carbocycles. The summed E-state index contributed by atoms with van der Waals surface area (Å²) in [6, 6.07) is 7.42. The van der Waals surface area contributed by atoms with Crippen molar-refractivity contribution in [3.05, 3.63) is 49.9 Å². The van der Waals surface area contributed by atoms with E-state index in [4.69, 9.17) is 23.2 Å². The summed E-state index contributed by atoms with van der Waals surface area (Å²) >= 11 is 14.6. The number of benzene rings is 1. The van der Waals surface area contributed by atoms with E-state index in [1.54, 1.807) is 11.4 Å². The van der Waals surface area contributed by atoms with Crippen molar-refractivity contribution in [3.8, 4) is 11.3 Å². The van der Waals surface area contributed by atoms with Gasteiger partial charge in [-0.3, -0.25) is 10.1 Å². The molecule has 0 atom stereocenters. The largest absolute Gasteiger partial charge is 0.298 e. The Bertz CT molecular complexity index is 1090. The van der Waals surface area contributed by atoms with Crippen molar-refractivity contribution in [2.75, 3.05) is 19.4 Å². The van der Waals surface area contributed by atoms with Crippen LogP contribution in [0.25, 0.3) is 11.3 Å². The van der Waals surface area contributed by atoms with Crippen LogP contribution in [0, 0.1) is 0 Å². The van der Waals surface area contributed by atoms with Crippen LogP contribution < -0.4 is 5.32 Å². The first-order chi connectivity index (χ1) is 12.7. The van der Waals surface area contributed by atoms with E-state index < -0.39 is 10.0 Å². The van der Waals surface area contributed by atoms with Gasteiger partial charge in [0.25, 0.3) is 5.91 Å². The van der Waals surface area contributed by atoms with Gasteiger partial charge in [0.2, 0.25) is 10.0 Å². The molecule has 3 aromatic rings. The number of hydrogen-bond acceptors (Lipinski definition) is 6. The highest BCUT2D eigenvalue weighted by Crippen LogP contribution is 2.39. The average molecular weight is 462 g/mol. The first kappa shape index (κ1) is 20.2. The van der Waals surface area contributed by atoms with E-state index in [1.807, 2.05) is 0 Å². The maximum absolute atomic E-state index is 12.4. The predicted molar refractivity (Wildman–Crippen MR) is 111 cm³/mol. The minimum absolute atomic E-state index is 0.115. The summed E-state index contributed by atoms with van der Waals surface area (Å²) in [6.45, 7) is 0. The van der Waals surface area contributed by atoms with E-state index in [0.29, 0.717) is 30.6 Å². The van der Waals surface area contributed by atoms with Crippen LogP contribution in [0.1, 0.15) is 10.4 Å². The summed E-state index contributed by atoms with van der Waals surface area (Å²) in [7, 11) is -0.644. The first-order valence-electron chi connectivity index (χ1n) is 7.43. The number of aromatic nitrogens is 1. The van der Waals surface area contributed by atoms with Crippen LogP contribution in [-0.2, 0) is 10.0 Å². The first-order valence-corrected chi connectivity index (χ1v) is 11.3. The van der Waals surface area contributed by atoms with Crippen molar-refractivity contribution in [2.45, 2.75) is 4.90 Å². The minimum Gasteiger partial charge on any atom is -0.298 e. The number of carbonyl (C=O) groups excluding carboxylic acids is 1. The highest BCUT2D eigenvalue weighted by atomic mass is 35.5. The number of amides is 1. The molecule has 1 aromatic carbocycles. The van der Waals surface area contributed by atoms with Gasteiger partial charge in [-0.2, -0.15) is 0 Å². The zero-order valence-corrected chi connectivity index (χ0v) is 18.0. The van der Waals surface area contributed by atoms with Crippen molar-refractivity contribution < 1.29 is 13.2 Å². The van der Waals surface area contributed by atoms with E-state index in [-0.39, 0.29) is 10.8 Å². The SMILES string of the molecule is CN(C)S(=O)(=O)c1ccc(C(=O)Nc2nc(-c3cc(Cl)sc3Cl)cs2)cc1. The number of carbonyl (C=O) groups is 1. The standard InChI is InChI=1S/C16H13Cl2N3O3S3/c1-21(2)27(23,24)10-5-3-9(4-6-10)15(22)20-16-19-12(8-25-16)11-7-13(17)26-14(11)18/h3-8H,1-2H3,(H,19,20,22). The molecule has 0 radical (unpaired) electrons. The van der Waals surface area contributed by atoms with E-state index >= 15 is 0 Å². The second-order valence-electron chi connectivity index (χ2n) is 5.54. The van der Waals surface area contributed by atoms with Crippen LogP contribution in [0.15, 0.2) is 40.6 Å². The van der Waals surface area contributed by atoms with Gasteiger partial charge >= 0.3 is 0 Å². The van der Waals surface area contributed by atoms with Gasteiger partial charge < -0.3 is 0 Å². The lowest BCUT2D eigenvalue weighted by Crippen LogP contribution is -2.22. The molecule has 2 heterocycles. The second kappa shape index (κ2) is 7.86. The summed E-state index contributed by atoms with van der Waals surface area (Å²) in [4.78, 5) is 16.8. The van der Waals surface area contributed by atoms with Gasteiger partial charge in [0.15, 0.2) is 5.13 Å². The Morgan fingerprint density at radius 3 is 2.41 bits per heavy atom. The quantitative estimate of drug-likeness (QED) is 0.597. The third kappa shape index (κ3) is 4.34. The molecule has 0 aliphatic heterocycles. The van der Waals surface area contributed by atoms with Gasteiger partial charge in [0.1, 0.15) is 4.34 Å². The van der Waals surface area contributed by atoms with Crippen molar-refractivity contribution >= 4 is 66.9 Å². The highest BCUT2D eigenvalue weighted by Gasteiger charge is 2.18. The van der Waals surface area contributed by atoms with E-state index in [0.717, 1.165) is 4.31 Å². The molecule has 1 N–H and O–H groups in total. The molecule has 2 aromatic heterocycles. The summed E-state index contributed by atoms with van der Waals surface area (Å²) in [5, 5.41) is 4.86. The van der Waals surface area contributed by atoms with Gasteiger partial charge in [-0.1, -0.05) is 23.2 Å². The van der Waals surface area contributed by atoms with Crippen molar-refractivity contribution in [1.29, 1.82) is 0 Å². The van der Waals surface area contributed by atoms with E-state index in [2.05, 4.69) is 10.3 Å². The number of rotatable bonds is 5. The molecule has 0 saturated heterocycles. The number of halogens is 2. The van der Waals surface area contributed by atoms with Crippen molar-refractivity contribution in [3.63, 3.8) is 0 Å². The van der Waals surface area contributed by atoms with Gasteiger partial charge in [-0.25, -0.2) is 17.7 Å². The maximum atomic E-state index is 12.4. The van der Waals surface area contributed by atoms with Crippen LogP contribution in [-0.4, -0.2) is 37.7 Å². The van der Waals surface area contributed by atoms with E-state index in [1.165, 1.54) is 61.0 Å².